The van der Waals surface area contributed by atoms with Crippen LogP contribution >= 0.6 is 0 Å². The molecule has 0 amide bonds. The van der Waals surface area contributed by atoms with Crippen LogP contribution in [0, 0.1) is 5.21 Å². The number of para-hydroxylation sites is 1. The summed E-state index contributed by atoms with van der Waals surface area (Å²) in [5.41, 5.74) is 1.79. The Hall–Kier alpha value is -4.41. The molecule has 0 radical (unpaired) electrons. The second-order valence-electron chi connectivity index (χ2n) is 7.23. The normalized spacial score (nSPS) is 11.7. The van der Waals surface area contributed by atoms with Crippen LogP contribution in [-0.2, 0) is 12.3 Å². The Labute approximate surface area is 185 Å². The fraction of sp³-hybridized carbons (Fsp3) is 0.136. The number of oxazole rings is 1. The minimum Gasteiger partial charge on any atom is -0.618 e. The van der Waals surface area contributed by atoms with Crippen molar-refractivity contribution in [2.75, 3.05) is 11.9 Å². The highest BCUT2D eigenvalue weighted by Gasteiger charge is 2.39. The molecule has 0 aliphatic carbocycles. The first-order valence-electron chi connectivity index (χ1n) is 9.99. The van der Waals surface area contributed by atoms with Gasteiger partial charge in [0.2, 0.25) is 0 Å². The number of aromatic nitrogens is 6. The summed E-state index contributed by atoms with van der Waals surface area (Å²) in [6.07, 6.45) is 5.86. The molecule has 4 heterocycles. The van der Waals surface area contributed by atoms with Crippen LogP contribution in [0.25, 0.3) is 16.8 Å². The van der Waals surface area contributed by atoms with Crippen molar-refractivity contribution in [3.63, 3.8) is 0 Å². The summed E-state index contributed by atoms with van der Waals surface area (Å²) in [4.78, 5) is 12.6. The minimum absolute atomic E-state index is 0.139. The lowest BCUT2D eigenvalue weighted by atomic mass is 10.1. The summed E-state index contributed by atoms with van der Waals surface area (Å²) in [6, 6.07) is 13.1. The molecule has 166 valence electrons. The van der Waals surface area contributed by atoms with E-state index in [4.69, 9.17) is 4.42 Å². The summed E-state index contributed by atoms with van der Waals surface area (Å²) in [6.45, 7) is -0.831. The summed E-state index contributed by atoms with van der Waals surface area (Å²) < 4.78 is 36.8. The van der Waals surface area contributed by atoms with Gasteiger partial charge in [0, 0.05) is 24.4 Å². The molecule has 0 unspecified atom stereocenters. The van der Waals surface area contributed by atoms with E-state index in [2.05, 4.69) is 25.4 Å². The Morgan fingerprint density at radius 3 is 2.79 bits per heavy atom. The zero-order valence-corrected chi connectivity index (χ0v) is 17.1. The molecular weight excluding hydrogens is 432 g/mol. The van der Waals surface area contributed by atoms with Crippen molar-refractivity contribution >= 4 is 16.9 Å². The van der Waals surface area contributed by atoms with E-state index in [1.165, 1.54) is 24.7 Å². The van der Waals surface area contributed by atoms with E-state index in [-0.39, 0.29) is 10.5 Å². The molecule has 5 rings (SSSR count). The molecule has 0 bridgehead atoms. The highest BCUT2D eigenvalue weighted by molar-refractivity contribution is 5.84. The van der Waals surface area contributed by atoms with Gasteiger partial charge in [-0.15, -0.1) is 0 Å². The standard InChI is InChI=1S/C22H17F2N7O2/c23-22(24,18-7-3-4-10-31(18)32)12-27-21-20-17(8-9-26-21)33-19(29-20)11-15-5-1-2-6-16(15)30-14-25-13-28-30/h1-10,13-14H,11-12H2,(H,26,27). The first-order chi connectivity index (χ1) is 16.0. The number of nitrogens with zero attached hydrogens (tertiary/aromatic N) is 6. The predicted molar refractivity (Wildman–Crippen MR) is 114 cm³/mol. The zero-order valence-electron chi connectivity index (χ0n) is 17.1. The molecule has 1 aromatic carbocycles. The quantitative estimate of drug-likeness (QED) is 0.300. The second kappa shape index (κ2) is 8.26. The Morgan fingerprint density at radius 1 is 1.12 bits per heavy atom. The lowest BCUT2D eigenvalue weighted by molar-refractivity contribution is -0.624. The lowest BCUT2D eigenvalue weighted by Gasteiger charge is -2.16. The van der Waals surface area contributed by atoms with Crippen LogP contribution in [0.2, 0.25) is 0 Å². The van der Waals surface area contributed by atoms with E-state index in [1.807, 2.05) is 24.3 Å². The van der Waals surface area contributed by atoms with Crippen LogP contribution in [0.3, 0.4) is 0 Å². The van der Waals surface area contributed by atoms with E-state index in [1.54, 1.807) is 17.1 Å². The van der Waals surface area contributed by atoms with Crippen molar-refractivity contribution in [2.45, 2.75) is 12.3 Å². The van der Waals surface area contributed by atoms with Crippen molar-refractivity contribution < 1.29 is 17.9 Å². The van der Waals surface area contributed by atoms with Gasteiger partial charge in [-0.2, -0.15) is 18.6 Å². The molecule has 0 saturated carbocycles. The Bertz CT molecular complexity index is 1400. The van der Waals surface area contributed by atoms with E-state index >= 15 is 0 Å². The van der Waals surface area contributed by atoms with Gasteiger partial charge < -0.3 is 14.9 Å². The molecule has 0 atom stereocenters. The molecule has 33 heavy (non-hydrogen) atoms. The molecule has 0 aliphatic rings. The van der Waals surface area contributed by atoms with Crippen LogP contribution in [0.5, 0.6) is 0 Å². The molecule has 5 aromatic rings. The number of hydrogen-bond donors (Lipinski definition) is 1. The van der Waals surface area contributed by atoms with Gasteiger partial charge in [-0.25, -0.2) is 19.6 Å². The fourth-order valence-corrected chi connectivity index (χ4v) is 3.48. The lowest BCUT2D eigenvalue weighted by Crippen LogP contribution is -2.40. The number of rotatable bonds is 7. The number of halogens is 2. The average Bonchev–Trinajstić information content (AvgIpc) is 3.48. The third-order valence-electron chi connectivity index (χ3n) is 5.03. The largest absolute Gasteiger partial charge is 0.618 e. The summed E-state index contributed by atoms with van der Waals surface area (Å²) in [7, 11) is 0. The molecule has 0 spiro atoms. The molecule has 11 heteroatoms. The molecule has 0 aliphatic heterocycles. The van der Waals surface area contributed by atoms with Gasteiger partial charge in [0.05, 0.1) is 18.7 Å². The molecule has 0 fully saturated rings. The van der Waals surface area contributed by atoms with Gasteiger partial charge in [-0.1, -0.05) is 18.2 Å². The number of benzene rings is 1. The number of anilines is 1. The average molecular weight is 449 g/mol. The Kier molecular flexibility index (Phi) is 5.13. The van der Waals surface area contributed by atoms with Crippen LogP contribution in [0.4, 0.5) is 14.6 Å². The van der Waals surface area contributed by atoms with Crippen molar-refractivity contribution in [2.24, 2.45) is 0 Å². The molecule has 1 N–H and O–H groups in total. The van der Waals surface area contributed by atoms with E-state index < -0.39 is 18.2 Å². The van der Waals surface area contributed by atoms with E-state index in [0.29, 0.717) is 23.4 Å². The van der Waals surface area contributed by atoms with Gasteiger partial charge in [0.25, 0.3) is 5.69 Å². The highest BCUT2D eigenvalue weighted by Crippen LogP contribution is 2.28. The van der Waals surface area contributed by atoms with E-state index in [9.17, 15) is 14.0 Å². The number of hydrogen-bond acceptors (Lipinski definition) is 7. The first-order valence-corrected chi connectivity index (χ1v) is 9.99. The second-order valence-corrected chi connectivity index (χ2v) is 7.23. The maximum Gasteiger partial charge on any atom is 0.347 e. The van der Waals surface area contributed by atoms with Crippen molar-refractivity contribution in [1.29, 1.82) is 0 Å². The van der Waals surface area contributed by atoms with Crippen LogP contribution in [0.1, 0.15) is 17.1 Å². The van der Waals surface area contributed by atoms with Crippen molar-refractivity contribution in [1.82, 2.24) is 24.7 Å². The maximum absolute atomic E-state index is 14.6. The summed E-state index contributed by atoms with van der Waals surface area (Å²) >= 11 is 0. The van der Waals surface area contributed by atoms with Crippen molar-refractivity contribution in [3.8, 4) is 5.69 Å². The van der Waals surface area contributed by atoms with Crippen LogP contribution < -0.4 is 10.0 Å². The SMILES string of the molecule is [O-][n+]1ccccc1C(F)(F)CNc1nccc2oc(Cc3ccccc3-n3cncn3)nc12. The predicted octanol–water partition coefficient (Wildman–Crippen LogP) is 3.23. The summed E-state index contributed by atoms with van der Waals surface area (Å²) in [5, 5.41) is 18.5. The fourth-order valence-electron chi connectivity index (χ4n) is 3.48. The molecule has 4 aromatic heterocycles. The molecule has 0 saturated heterocycles. The number of pyridine rings is 2. The third kappa shape index (κ3) is 4.07. The van der Waals surface area contributed by atoms with Crippen molar-refractivity contribution in [3.05, 3.63) is 95.9 Å². The zero-order chi connectivity index (χ0) is 22.8. The monoisotopic (exact) mass is 449 g/mol. The number of nitrogens with one attached hydrogen (secondary N) is 1. The van der Waals surface area contributed by atoms with Gasteiger partial charge in [0.15, 0.2) is 29.0 Å². The number of fused-ring (bicyclic) bond motifs is 1. The van der Waals surface area contributed by atoms with Gasteiger partial charge in [-0.05, 0) is 17.7 Å². The smallest absolute Gasteiger partial charge is 0.347 e. The summed E-state index contributed by atoms with van der Waals surface area (Å²) in [5.74, 6) is -2.89. The Morgan fingerprint density at radius 2 is 1.97 bits per heavy atom. The highest BCUT2D eigenvalue weighted by atomic mass is 19.3. The van der Waals surface area contributed by atoms with Crippen LogP contribution in [-0.4, -0.2) is 31.3 Å². The van der Waals surface area contributed by atoms with Crippen LogP contribution in [0.15, 0.2) is 78.0 Å². The minimum atomic E-state index is -3.42. The van der Waals surface area contributed by atoms with Gasteiger partial charge in [-0.3, -0.25) is 0 Å². The van der Waals surface area contributed by atoms with E-state index in [0.717, 1.165) is 23.5 Å². The van der Waals surface area contributed by atoms with Gasteiger partial charge >= 0.3 is 5.92 Å². The molecular formula is C22H17F2N7O2. The third-order valence-corrected chi connectivity index (χ3v) is 5.03. The molecule has 9 nitrogen and oxygen atoms in total. The maximum atomic E-state index is 14.6. The van der Waals surface area contributed by atoms with Gasteiger partial charge in [0.1, 0.15) is 12.7 Å². The number of alkyl halides is 2. The Balaban J connectivity index is 1.40. The first kappa shape index (κ1) is 20.5. The topological polar surface area (TPSA) is 109 Å².